The van der Waals surface area contributed by atoms with E-state index in [2.05, 4.69) is 49.7 Å². The summed E-state index contributed by atoms with van der Waals surface area (Å²) in [4.78, 5) is 6.73. The SMILES string of the molecule is CCN(Cc1nc(CC(C)C)no1)CC(C)(C)CN. The van der Waals surface area contributed by atoms with E-state index in [1.165, 1.54) is 0 Å². The van der Waals surface area contributed by atoms with Crippen LogP contribution in [0.1, 0.15) is 46.3 Å². The minimum atomic E-state index is 0.108. The van der Waals surface area contributed by atoms with E-state index in [4.69, 9.17) is 10.3 Å². The van der Waals surface area contributed by atoms with E-state index in [1.807, 2.05) is 0 Å². The number of nitrogens with zero attached hydrogens (tertiary/aromatic N) is 3. The predicted molar refractivity (Wildman–Crippen MR) is 76.6 cm³/mol. The van der Waals surface area contributed by atoms with Crippen molar-refractivity contribution >= 4 is 0 Å². The van der Waals surface area contributed by atoms with E-state index in [0.29, 0.717) is 24.9 Å². The van der Waals surface area contributed by atoms with Crippen molar-refractivity contribution in [3.63, 3.8) is 0 Å². The molecular weight excluding hydrogens is 240 g/mol. The van der Waals surface area contributed by atoms with Gasteiger partial charge in [0.15, 0.2) is 5.82 Å². The molecule has 0 aliphatic carbocycles. The van der Waals surface area contributed by atoms with Gasteiger partial charge in [0, 0.05) is 13.0 Å². The maximum absolute atomic E-state index is 5.78. The zero-order valence-corrected chi connectivity index (χ0v) is 12.9. The zero-order valence-electron chi connectivity index (χ0n) is 12.9. The molecule has 0 aliphatic rings. The molecule has 0 unspecified atom stereocenters. The fourth-order valence-electron chi connectivity index (χ4n) is 1.94. The minimum Gasteiger partial charge on any atom is -0.338 e. The average Bonchev–Trinajstić information content (AvgIpc) is 2.74. The quantitative estimate of drug-likeness (QED) is 0.781. The standard InChI is InChI=1S/C14H28N4O/c1-6-18(10-14(4,5)9-15)8-13-16-12(17-19-13)7-11(2)3/h11H,6-10,15H2,1-5H3. The molecule has 0 spiro atoms. The highest BCUT2D eigenvalue weighted by molar-refractivity contribution is 4.88. The molecule has 0 radical (unpaired) electrons. The highest BCUT2D eigenvalue weighted by atomic mass is 16.5. The summed E-state index contributed by atoms with van der Waals surface area (Å²) in [5.41, 5.74) is 5.89. The third kappa shape index (κ3) is 5.70. The Morgan fingerprint density at radius 3 is 2.58 bits per heavy atom. The normalized spacial score (nSPS) is 12.6. The summed E-state index contributed by atoms with van der Waals surface area (Å²) in [7, 11) is 0. The van der Waals surface area contributed by atoms with Crippen molar-refractivity contribution in [3.8, 4) is 0 Å². The molecule has 0 saturated heterocycles. The molecule has 0 bridgehead atoms. The molecule has 2 N–H and O–H groups in total. The van der Waals surface area contributed by atoms with Crippen molar-refractivity contribution in [2.45, 2.75) is 47.6 Å². The minimum absolute atomic E-state index is 0.108. The largest absolute Gasteiger partial charge is 0.338 e. The summed E-state index contributed by atoms with van der Waals surface area (Å²) in [5, 5.41) is 4.02. The summed E-state index contributed by atoms with van der Waals surface area (Å²) in [6, 6.07) is 0. The van der Waals surface area contributed by atoms with Crippen LogP contribution in [0.3, 0.4) is 0 Å². The van der Waals surface area contributed by atoms with Crippen molar-refractivity contribution in [1.29, 1.82) is 0 Å². The first-order valence-corrected chi connectivity index (χ1v) is 7.10. The van der Waals surface area contributed by atoms with Gasteiger partial charge in [-0.25, -0.2) is 0 Å². The Hall–Kier alpha value is -0.940. The molecule has 1 aromatic heterocycles. The lowest BCUT2D eigenvalue weighted by molar-refractivity contribution is 0.165. The van der Waals surface area contributed by atoms with Gasteiger partial charge in [0.05, 0.1) is 6.54 Å². The third-order valence-electron chi connectivity index (χ3n) is 3.11. The first kappa shape index (κ1) is 16.1. The second-order valence-corrected chi connectivity index (χ2v) is 6.37. The summed E-state index contributed by atoms with van der Waals surface area (Å²) in [6.45, 7) is 14.0. The molecule has 19 heavy (non-hydrogen) atoms. The van der Waals surface area contributed by atoms with Gasteiger partial charge in [-0.1, -0.05) is 39.8 Å². The number of hydrogen-bond acceptors (Lipinski definition) is 5. The van der Waals surface area contributed by atoms with E-state index in [9.17, 15) is 0 Å². The molecule has 0 fully saturated rings. The van der Waals surface area contributed by atoms with Crippen LogP contribution in [0, 0.1) is 11.3 Å². The molecule has 0 amide bonds. The molecule has 0 aliphatic heterocycles. The monoisotopic (exact) mass is 268 g/mol. The Labute approximate surface area is 116 Å². The summed E-state index contributed by atoms with van der Waals surface area (Å²) >= 11 is 0. The van der Waals surface area contributed by atoms with Crippen LogP contribution in [0.5, 0.6) is 0 Å². The van der Waals surface area contributed by atoms with Crippen molar-refractivity contribution in [3.05, 3.63) is 11.7 Å². The molecule has 1 rings (SSSR count). The second kappa shape index (κ2) is 7.01. The number of nitrogens with two attached hydrogens (primary N) is 1. The molecular formula is C14H28N4O. The van der Waals surface area contributed by atoms with Gasteiger partial charge in [0.2, 0.25) is 5.89 Å². The Morgan fingerprint density at radius 2 is 2.05 bits per heavy atom. The smallest absolute Gasteiger partial charge is 0.240 e. The molecule has 110 valence electrons. The molecule has 5 nitrogen and oxygen atoms in total. The lowest BCUT2D eigenvalue weighted by Crippen LogP contribution is -2.38. The lowest BCUT2D eigenvalue weighted by Gasteiger charge is -2.29. The second-order valence-electron chi connectivity index (χ2n) is 6.37. The first-order chi connectivity index (χ1) is 8.86. The lowest BCUT2D eigenvalue weighted by atomic mass is 9.93. The summed E-state index contributed by atoms with van der Waals surface area (Å²) < 4.78 is 5.31. The van der Waals surface area contributed by atoms with Gasteiger partial charge in [0.25, 0.3) is 0 Å². The summed E-state index contributed by atoms with van der Waals surface area (Å²) in [5.74, 6) is 2.05. The Bertz CT molecular complexity index is 373. The van der Waals surface area contributed by atoms with Gasteiger partial charge in [0.1, 0.15) is 0 Å². The van der Waals surface area contributed by atoms with Crippen LogP contribution in [0.15, 0.2) is 4.52 Å². The van der Waals surface area contributed by atoms with E-state index in [0.717, 1.165) is 25.3 Å². The maximum Gasteiger partial charge on any atom is 0.240 e. The average molecular weight is 268 g/mol. The molecule has 0 saturated carbocycles. The Morgan fingerprint density at radius 1 is 1.37 bits per heavy atom. The third-order valence-corrected chi connectivity index (χ3v) is 3.11. The van der Waals surface area contributed by atoms with Gasteiger partial charge in [-0.15, -0.1) is 0 Å². The van der Waals surface area contributed by atoms with Gasteiger partial charge in [-0.3, -0.25) is 4.90 Å². The maximum atomic E-state index is 5.78. The van der Waals surface area contributed by atoms with E-state index < -0.39 is 0 Å². The first-order valence-electron chi connectivity index (χ1n) is 7.10. The van der Waals surface area contributed by atoms with Crippen LogP contribution in [-0.4, -0.2) is 34.7 Å². The van der Waals surface area contributed by atoms with Crippen LogP contribution in [0.2, 0.25) is 0 Å². The van der Waals surface area contributed by atoms with Gasteiger partial charge in [-0.2, -0.15) is 4.98 Å². The van der Waals surface area contributed by atoms with Crippen molar-refractivity contribution in [1.82, 2.24) is 15.0 Å². The van der Waals surface area contributed by atoms with E-state index in [-0.39, 0.29) is 5.41 Å². The van der Waals surface area contributed by atoms with Crippen LogP contribution in [0.25, 0.3) is 0 Å². The Balaban J connectivity index is 2.58. The molecule has 5 heteroatoms. The topological polar surface area (TPSA) is 68.2 Å². The van der Waals surface area contributed by atoms with Gasteiger partial charge >= 0.3 is 0 Å². The number of aromatic nitrogens is 2. The highest BCUT2D eigenvalue weighted by Gasteiger charge is 2.21. The van der Waals surface area contributed by atoms with E-state index in [1.54, 1.807) is 0 Å². The zero-order chi connectivity index (χ0) is 14.5. The van der Waals surface area contributed by atoms with Crippen molar-refractivity contribution in [2.24, 2.45) is 17.1 Å². The number of hydrogen-bond donors (Lipinski definition) is 1. The van der Waals surface area contributed by atoms with Crippen LogP contribution in [0.4, 0.5) is 0 Å². The van der Waals surface area contributed by atoms with Crippen LogP contribution in [-0.2, 0) is 13.0 Å². The highest BCUT2D eigenvalue weighted by Crippen LogP contribution is 2.16. The van der Waals surface area contributed by atoms with Gasteiger partial charge < -0.3 is 10.3 Å². The van der Waals surface area contributed by atoms with Crippen LogP contribution < -0.4 is 5.73 Å². The molecule has 0 atom stereocenters. The fraction of sp³-hybridized carbons (Fsp3) is 0.857. The molecule has 1 heterocycles. The molecule has 1 aromatic rings. The predicted octanol–water partition coefficient (Wildman–Crippen LogP) is 2.07. The van der Waals surface area contributed by atoms with E-state index >= 15 is 0 Å². The van der Waals surface area contributed by atoms with Crippen molar-refractivity contribution in [2.75, 3.05) is 19.6 Å². The van der Waals surface area contributed by atoms with Gasteiger partial charge in [-0.05, 0) is 24.4 Å². The summed E-state index contributed by atoms with van der Waals surface area (Å²) in [6.07, 6.45) is 0.865. The molecule has 0 aromatic carbocycles. The van der Waals surface area contributed by atoms with Crippen LogP contribution >= 0.6 is 0 Å². The Kier molecular flexibility index (Phi) is 5.94. The fourth-order valence-corrected chi connectivity index (χ4v) is 1.94. The van der Waals surface area contributed by atoms with Crippen molar-refractivity contribution < 1.29 is 4.52 Å². The number of rotatable bonds is 8.